The fourth-order valence-electron chi connectivity index (χ4n) is 5.75. The van der Waals surface area contributed by atoms with Gasteiger partial charge in [-0.1, -0.05) is 32.9 Å². The van der Waals surface area contributed by atoms with Crippen molar-refractivity contribution >= 4 is 17.6 Å². The van der Waals surface area contributed by atoms with Crippen LogP contribution in [0.5, 0.6) is 0 Å². The second-order valence-electron chi connectivity index (χ2n) is 9.41. The lowest BCUT2D eigenvalue weighted by atomic mass is 9.69. The standard InChI is InChI=1S/C22H31N3O2/c1-14(26)23-18-7-5-6-15-13-25(11-9-17(15)18)20(27)24-19-12-16-8-10-22(19,4)21(16,2)3/h5-7,16,19H,8-13H2,1-4H3,(H,23,26)(H,24,27)/t16-,19+,22-/m1/s1. The Balaban J connectivity index is 1.46. The summed E-state index contributed by atoms with van der Waals surface area (Å²) in [6.45, 7) is 9.92. The summed E-state index contributed by atoms with van der Waals surface area (Å²) >= 11 is 0. The zero-order valence-corrected chi connectivity index (χ0v) is 16.9. The number of carbonyl (C=O) groups is 2. The van der Waals surface area contributed by atoms with E-state index in [1.165, 1.54) is 19.8 Å². The Labute approximate surface area is 161 Å². The van der Waals surface area contributed by atoms with Gasteiger partial charge in [-0.3, -0.25) is 4.79 Å². The summed E-state index contributed by atoms with van der Waals surface area (Å²) < 4.78 is 0. The molecule has 146 valence electrons. The number of hydrogen-bond acceptors (Lipinski definition) is 2. The molecule has 2 aliphatic carbocycles. The van der Waals surface area contributed by atoms with Crippen LogP contribution < -0.4 is 10.6 Å². The normalized spacial score (nSPS) is 30.7. The Kier molecular flexibility index (Phi) is 4.24. The Morgan fingerprint density at radius 1 is 1.22 bits per heavy atom. The summed E-state index contributed by atoms with van der Waals surface area (Å²) in [6, 6.07) is 6.27. The van der Waals surface area contributed by atoms with Crippen molar-refractivity contribution in [1.82, 2.24) is 10.2 Å². The molecule has 0 unspecified atom stereocenters. The average Bonchev–Trinajstić information content (AvgIpc) is 2.94. The van der Waals surface area contributed by atoms with Gasteiger partial charge in [-0.25, -0.2) is 4.79 Å². The zero-order valence-electron chi connectivity index (χ0n) is 16.9. The first-order valence-corrected chi connectivity index (χ1v) is 10.2. The maximum absolute atomic E-state index is 13.0. The van der Waals surface area contributed by atoms with Gasteiger partial charge in [0.2, 0.25) is 5.91 Å². The van der Waals surface area contributed by atoms with Gasteiger partial charge in [0.05, 0.1) is 0 Å². The van der Waals surface area contributed by atoms with Gasteiger partial charge < -0.3 is 15.5 Å². The van der Waals surface area contributed by atoms with Crippen LogP contribution in [0.1, 0.15) is 58.1 Å². The van der Waals surface area contributed by atoms with Crippen LogP contribution in [-0.4, -0.2) is 29.4 Å². The predicted molar refractivity (Wildman–Crippen MR) is 106 cm³/mol. The number of benzene rings is 1. The van der Waals surface area contributed by atoms with Gasteiger partial charge in [0.15, 0.2) is 0 Å². The van der Waals surface area contributed by atoms with Crippen molar-refractivity contribution in [2.24, 2.45) is 16.7 Å². The molecule has 0 spiro atoms. The highest BCUT2D eigenvalue weighted by Crippen LogP contribution is 2.65. The summed E-state index contributed by atoms with van der Waals surface area (Å²) in [6.07, 6.45) is 4.37. The highest BCUT2D eigenvalue weighted by molar-refractivity contribution is 5.90. The van der Waals surface area contributed by atoms with E-state index in [2.05, 4.69) is 37.5 Å². The topological polar surface area (TPSA) is 61.4 Å². The minimum atomic E-state index is -0.0595. The Morgan fingerprint density at radius 3 is 2.63 bits per heavy atom. The number of rotatable bonds is 2. The Bertz CT molecular complexity index is 788. The molecule has 3 aliphatic rings. The Morgan fingerprint density at radius 2 is 2.00 bits per heavy atom. The molecule has 1 aromatic rings. The largest absolute Gasteiger partial charge is 0.335 e. The van der Waals surface area contributed by atoms with E-state index in [9.17, 15) is 9.59 Å². The van der Waals surface area contributed by atoms with Gasteiger partial charge in [-0.05, 0) is 59.6 Å². The molecule has 2 N–H and O–H groups in total. The molecule has 1 heterocycles. The van der Waals surface area contributed by atoms with Crippen molar-refractivity contribution in [1.29, 1.82) is 0 Å². The smallest absolute Gasteiger partial charge is 0.317 e. The SMILES string of the molecule is CC(=O)Nc1cccc2c1CCN(C(=O)N[C@H]1C[C@H]3CC[C@@]1(C)C3(C)C)C2. The predicted octanol–water partition coefficient (Wildman–Crippen LogP) is 3.93. The van der Waals surface area contributed by atoms with Crippen LogP contribution in [0.3, 0.4) is 0 Å². The van der Waals surface area contributed by atoms with E-state index >= 15 is 0 Å². The van der Waals surface area contributed by atoms with Crippen molar-refractivity contribution in [2.75, 3.05) is 11.9 Å². The highest BCUT2D eigenvalue weighted by atomic mass is 16.2. The first-order chi connectivity index (χ1) is 12.7. The monoisotopic (exact) mass is 369 g/mol. The van der Waals surface area contributed by atoms with E-state index in [-0.39, 0.29) is 23.4 Å². The lowest BCUT2D eigenvalue weighted by Gasteiger charge is -2.40. The number of hydrogen-bond donors (Lipinski definition) is 2. The number of nitrogens with zero attached hydrogens (tertiary/aromatic N) is 1. The summed E-state index contributed by atoms with van der Waals surface area (Å²) in [7, 11) is 0. The number of nitrogens with one attached hydrogen (secondary N) is 2. The van der Waals surface area contributed by atoms with E-state index in [1.54, 1.807) is 0 Å². The van der Waals surface area contributed by atoms with Gasteiger partial charge in [0.25, 0.3) is 0 Å². The highest BCUT2D eigenvalue weighted by Gasteiger charge is 2.61. The van der Waals surface area contributed by atoms with Crippen molar-refractivity contribution in [3.8, 4) is 0 Å². The minimum Gasteiger partial charge on any atom is -0.335 e. The third kappa shape index (κ3) is 2.82. The van der Waals surface area contributed by atoms with Gasteiger partial charge >= 0.3 is 6.03 Å². The first kappa shape index (κ1) is 18.3. The molecule has 2 saturated carbocycles. The zero-order chi connectivity index (χ0) is 19.4. The maximum Gasteiger partial charge on any atom is 0.317 e. The quantitative estimate of drug-likeness (QED) is 0.830. The molecule has 1 aromatic carbocycles. The van der Waals surface area contributed by atoms with E-state index in [0.717, 1.165) is 35.6 Å². The summed E-state index contributed by atoms with van der Waals surface area (Å²) in [5.41, 5.74) is 3.65. The van der Waals surface area contributed by atoms with Gasteiger partial charge in [-0.15, -0.1) is 0 Å². The molecule has 5 nitrogen and oxygen atoms in total. The van der Waals surface area contributed by atoms with E-state index < -0.39 is 0 Å². The van der Waals surface area contributed by atoms with Crippen LogP contribution in [0.15, 0.2) is 18.2 Å². The number of amides is 3. The minimum absolute atomic E-state index is 0.0557. The summed E-state index contributed by atoms with van der Waals surface area (Å²) in [4.78, 5) is 26.3. The average molecular weight is 370 g/mol. The van der Waals surface area contributed by atoms with Crippen molar-refractivity contribution in [3.05, 3.63) is 29.3 Å². The van der Waals surface area contributed by atoms with E-state index in [0.29, 0.717) is 18.5 Å². The number of anilines is 1. The molecule has 1 aliphatic heterocycles. The third-order valence-electron chi connectivity index (χ3n) is 7.96. The lowest BCUT2D eigenvalue weighted by molar-refractivity contribution is -0.114. The molecular weight excluding hydrogens is 338 g/mol. The van der Waals surface area contributed by atoms with E-state index in [1.807, 2.05) is 17.0 Å². The number of carbonyl (C=O) groups excluding carboxylic acids is 2. The van der Waals surface area contributed by atoms with E-state index in [4.69, 9.17) is 0 Å². The number of fused-ring (bicyclic) bond motifs is 3. The Hall–Kier alpha value is -2.04. The van der Waals surface area contributed by atoms with Crippen LogP contribution in [0.25, 0.3) is 0 Å². The molecular formula is C22H31N3O2. The molecule has 2 bridgehead atoms. The molecule has 3 amide bonds. The van der Waals surface area contributed by atoms with Gasteiger partial charge in [0.1, 0.15) is 0 Å². The van der Waals surface area contributed by atoms with Crippen molar-refractivity contribution in [3.63, 3.8) is 0 Å². The molecule has 0 saturated heterocycles. The van der Waals surface area contributed by atoms with Gasteiger partial charge in [0, 0.05) is 31.7 Å². The first-order valence-electron chi connectivity index (χ1n) is 10.2. The van der Waals surface area contributed by atoms with Crippen LogP contribution in [0.4, 0.5) is 10.5 Å². The molecule has 5 heteroatoms. The second kappa shape index (κ2) is 6.25. The maximum atomic E-state index is 13.0. The van der Waals surface area contributed by atoms with Crippen LogP contribution in [-0.2, 0) is 17.8 Å². The second-order valence-corrected chi connectivity index (χ2v) is 9.41. The number of urea groups is 1. The lowest BCUT2D eigenvalue weighted by Crippen LogP contribution is -2.52. The van der Waals surface area contributed by atoms with Crippen LogP contribution in [0.2, 0.25) is 0 Å². The molecule has 0 aromatic heterocycles. The van der Waals surface area contributed by atoms with Gasteiger partial charge in [-0.2, -0.15) is 0 Å². The molecule has 3 atom stereocenters. The van der Waals surface area contributed by atoms with Crippen LogP contribution >= 0.6 is 0 Å². The van der Waals surface area contributed by atoms with Crippen molar-refractivity contribution in [2.45, 2.75) is 66.0 Å². The molecule has 4 rings (SSSR count). The molecule has 0 radical (unpaired) electrons. The third-order valence-corrected chi connectivity index (χ3v) is 7.96. The summed E-state index contributed by atoms with van der Waals surface area (Å²) in [5, 5.41) is 6.28. The molecule has 2 fully saturated rings. The fraction of sp³-hybridized carbons (Fsp3) is 0.636. The summed E-state index contributed by atoms with van der Waals surface area (Å²) in [5.74, 6) is 0.658. The fourth-order valence-corrected chi connectivity index (χ4v) is 5.75. The van der Waals surface area contributed by atoms with Crippen molar-refractivity contribution < 1.29 is 9.59 Å². The van der Waals surface area contributed by atoms with Crippen LogP contribution in [0, 0.1) is 16.7 Å². The molecule has 27 heavy (non-hydrogen) atoms.